The van der Waals surface area contributed by atoms with E-state index in [1.165, 1.54) is 12.3 Å². The van der Waals surface area contributed by atoms with Crippen molar-refractivity contribution in [2.75, 3.05) is 0 Å². The Labute approximate surface area is 147 Å². The highest BCUT2D eigenvalue weighted by atomic mass is 79.9. The van der Waals surface area contributed by atoms with Gasteiger partial charge in [0.05, 0.1) is 10.9 Å². The number of rotatable bonds is 2. The average molecular weight is 407 g/mol. The Morgan fingerprint density at radius 3 is 2.56 bits per heavy atom. The van der Waals surface area contributed by atoms with E-state index in [9.17, 15) is 19.2 Å². The quantitative estimate of drug-likeness (QED) is 0.435. The summed E-state index contributed by atoms with van der Waals surface area (Å²) in [7, 11) is 1.68. The predicted molar refractivity (Wildman–Crippen MR) is 91.0 cm³/mol. The minimum atomic E-state index is -0.691. The van der Waals surface area contributed by atoms with Crippen LogP contribution in [-0.4, -0.2) is 31.3 Å². The van der Waals surface area contributed by atoms with Crippen LogP contribution in [0.1, 0.15) is 20.8 Å². The number of hydrogen-bond donors (Lipinski definition) is 4. The molecule has 0 unspecified atom stereocenters. The first kappa shape index (κ1) is 16.6. The van der Waals surface area contributed by atoms with Crippen molar-refractivity contribution in [3.8, 4) is 0 Å². The number of hydrogen-bond acceptors (Lipinski definition) is 5. The van der Waals surface area contributed by atoms with Crippen molar-refractivity contribution in [3.05, 3.63) is 61.1 Å². The SMILES string of the molecule is Cn1cc(Br)cc1C(=O)NNC(=O)c1cnc2[nH]c(=O)[nH]c(=O)c2c1. The molecule has 0 aliphatic rings. The van der Waals surface area contributed by atoms with E-state index in [4.69, 9.17) is 0 Å². The molecule has 25 heavy (non-hydrogen) atoms. The highest BCUT2D eigenvalue weighted by molar-refractivity contribution is 9.10. The van der Waals surface area contributed by atoms with Crippen molar-refractivity contribution in [1.82, 2.24) is 30.4 Å². The first-order chi connectivity index (χ1) is 11.8. The molecule has 0 bridgehead atoms. The predicted octanol–water partition coefficient (Wildman–Crippen LogP) is -0.213. The van der Waals surface area contributed by atoms with E-state index in [1.54, 1.807) is 23.9 Å². The Balaban J connectivity index is 1.78. The molecule has 3 aromatic heterocycles. The average Bonchev–Trinajstić information content (AvgIpc) is 2.90. The summed E-state index contributed by atoms with van der Waals surface area (Å²) < 4.78 is 2.30. The van der Waals surface area contributed by atoms with Crippen LogP contribution >= 0.6 is 15.9 Å². The van der Waals surface area contributed by atoms with Crippen LogP contribution in [0.5, 0.6) is 0 Å². The van der Waals surface area contributed by atoms with Gasteiger partial charge in [-0.2, -0.15) is 0 Å². The molecule has 0 fully saturated rings. The van der Waals surface area contributed by atoms with E-state index in [0.29, 0.717) is 5.69 Å². The number of aromatic amines is 2. The molecular formula is C14H11BrN6O4. The van der Waals surface area contributed by atoms with Crippen LogP contribution in [0.3, 0.4) is 0 Å². The van der Waals surface area contributed by atoms with Gasteiger partial charge in [0.15, 0.2) is 0 Å². The summed E-state index contributed by atoms with van der Waals surface area (Å²) in [4.78, 5) is 55.3. The molecule has 3 heterocycles. The molecule has 0 aromatic carbocycles. The van der Waals surface area contributed by atoms with Gasteiger partial charge >= 0.3 is 5.69 Å². The van der Waals surface area contributed by atoms with Crippen LogP contribution in [0.4, 0.5) is 0 Å². The summed E-state index contributed by atoms with van der Waals surface area (Å²) in [6.45, 7) is 0. The van der Waals surface area contributed by atoms with Crippen LogP contribution in [0.2, 0.25) is 0 Å². The van der Waals surface area contributed by atoms with Gasteiger partial charge in [-0.3, -0.25) is 35.2 Å². The van der Waals surface area contributed by atoms with E-state index in [0.717, 1.165) is 4.47 Å². The van der Waals surface area contributed by atoms with Gasteiger partial charge in [-0.15, -0.1) is 0 Å². The van der Waals surface area contributed by atoms with Gasteiger partial charge in [-0.05, 0) is 28.1 Å². The van der Waals surface area contributed by atoms with Crippen LogP contribution < -0.4 is 22.1 Å². The number of fused-ring (bicyclic) bond motifs is 1. The Kier molecular flexibility index (Phi) is 4.23. The van der Waals surface area contributed by atoms with E-state index in [1.807, 2.05) is 4.98 Å². The third-order valence-electron chi connectivity index (χ3n) is 3.35. The molecule has 0 atom stereocenters. The van der Waals surface area contributed by atoms with Gasteiger partial charge in [0.2, 0.25) is 0 Å². The molecule has 128 valence electrons. The number of amides is 2. The fourth-order valence-corrected chi connectivity index (χ4v) is 2.69. The molecule has 0 radical (unpaired) electrons. The standard InChI is InChI=1S/C14H11BrN6O4/c1-21-5-7(15)3-9(21)13(24)20-19-11(22)6-2-8-10(16-4-6)17-14(25)18-12(8)23/h2-5H,1H3,(H,19,22)(H,20,24)(H2,16,17,18,23,25). The number of aryl methyl sites for hydroxylation is 1. The molecule has 3 rings (SSSR count). The minimum Gasteiger partial charge on any atom is -0.345 e. The van der Waals surface area contributed by atoms with Gasteiger partial charge in [-0.25, -0.2) is 9.78 Å². The monoisotopic (exact) mass is 406 g/mol. The largest absolute Gasteiger partial charge is 0.345 e. The van der Waals surface area contributed by atoms with Crippen LogP contribution in [-0.2, 0) is 7.05 Å². The third kappa shape index (κ3) is 3.35. The number of carbonyl (C=O) groups is 2. The third-order valence-corrected chi connectivity index (χ3v) is 3.78. The molecule has 3 aromatic rings. The Morgan fingerprint density at radius 1 is 1.16 bits per heavy atom. The van der Waals surface area contributed by atoms with Gasteiger partial charge in [0.25, 0.3) is 17.4 Å². The number of pyridine rings is 1. The summed E-state index contributed by atoms with van der Waals surface area (Å²) in [5.41, 5.74) is 3.58. The molecule has 10 nitrogen and oxygen atoms in total. The molecule has 0 saturated carbocycles. The fraction of sp³-hybridized carbons (Fsp3) is 0.0714. The smallest absolute Gasteiger partial charge is 0.327 e. The highest BCUT2D eigenvalue weighted by Gasteiger charge is 2.14. The maximum absolute atomic E-state index is 12.1. The summed E-state index contributed by atoms with van der Waals surface area (Å²) >= 11 is 3.25. The van der Waals surface area contributed by atoms with Crippen LogP contribution in [0.15, 0.2) is 38.6 Å². The topological polar surface area (TPSA) is 142 Å². The Bertz CT molecular complexity index is 1110. The fourth-order valence-electron chi connectivity index (χ4n) is 2.17. The summed E-state index contributed by atoms with van der Waals surface area (Å²) in [6.07, 6.45) is 2.87. The minimum absolute atomic E-state index is 0.0402. The maximum Gasteiger partial charge on any atom is 0.327 e. The zero-order valence-electron chi connectivity index (χ0n) is 12.7. The first-order valence-corrected chi connectivity index (χ1v) is 7.69. The molecule has 11 heteroatoms. The van der Waals surface area contributed by atoms with Gasteiger partial charge in [-0.1, -0.05) is 0 Å². The molecule has 0 spiro atoms. The summed E-state index contributed by atoms with van der Waals surface area (Å²) in [6, 6.07) is 2.85. The van der Waals surface area contributed by atoms with Crippen molar-refractivity contribution >= 4 is 38.8 Å². The van der Waals surface area contributed by atoms with Crippen molar-refractivity contribution in [1.29, 1.82) is 0 Å². The molecule has 0 aliphatic carbocycles. The van der Waals surface area contributed by atoms with E-state index >= 15 is 0 Å². The lowest BCUT2D eigenvalue weighted by atomic mass is 10.2. The number of halogens is 1. The molecule has 0 aliphatic heterocycles. The van der Waals surface area contributed by atoms with Gasteiger partial charge in [0.1, 0.15) is 11.3 Å². The van der Waals surface area contributed by atoms with E-state index < -0.39 is 23.1 Å². The lowest BCUT2D eigenvalue weighted by Crippen LogP contribution is -2.42. The van der Waals surface area contributed by atoms with E-state index in [2.05, 4.69) is 36.7 Å². The lowest BCUT2D eigenvalue weighted by Gasteiger charge is -2.08. The molecule has 0 saturated heterocycles. The molecular weight excluding hydrogens is 396 g/mol. The number of H-pyrrole nitrogens is 2. The second-order valence-electron chi connectivity index (χ2n) is 5.09. The highest BCUT2D eigenvalue weighted by Crippen LogP contribution is 2.13. The number of nitrogens with zero attached hydrogens (tertiary/aromatic N) is 2. The Hall–Kier alpha value is -3.21. The van der Waals surface area contributed by atoms with Crippen molar-refractivity contribution in [2.45, 2.75) is 0 Å². The molecule has 4 N–H and O–H groups in total. The second kappa shape index (κ2) is 6.36. The summed E-state index contributed by atoms with van der Waals surface area (Å²) in [5, 5.41) is 0.0462. The molecule has 2 amide bonds. The van der Waals surface area contributed by atoms with E-state index in [-0.39, 0.29) is 16.6 Å². The zero-order chi connectivity index (χ0) is 18.1. The van der Waals surface area contributed by atoms with Crippen molar-refractivity contribution in [3.63, 3.8) is 0 Å². The number of nitrogens with one attached hydrogen (secondary N) is 4. The second-order valence-corrected chi connectivity index (χ2v) is 6.01. The van der Waals surface area contributed by atoms with Crippen molar-refractivity contribution in [2.24, 2.45) is 7.05 Å². The number of hydrazine groups is 1. The maximum atomic E-state index is 12.1. The normalized spacial score (nSPS) is 10.6. The van der Waals surface area contributed by atoms with Gasteiger partial charge < -0.3 is 4.57 Å². The van der Waals surface area contributed by atoms with Gasteiger partial charge in [0, 0.05) is 23.9 Å². The van der Waals surface area contributed by atoms with Crippen molar-refractivity contribution < 1.29 is 9.59 Å². The zero-order valence-corrected chi connectivity index (χ0v) is 14.3. The van der Waals surface area contributed by atoms with Crippen LogP contribution in [0.25, 0.3) is 11.0 Å². The number of carbonyl (C=O) groups excluding carboxylic acids is 2. The number of aromatic nitrogens is 4. The first-order valence-electron chi connectivity index (χ1n) is 6.90. The summed E-state index contributed by atoms with van der Waals surface area (Å²) in [5.74, 6) is -1.18. The lowest BCUT2D eigenvalue weighted by molar-refractivity contribution is 0.0842. The van der Waals surface area contributed by atoms with Crippen LogP contribution in [0, 0.1) is 0 Å². The Morgan fingerprint density at radius 2 is 1.88 bits per heavy atom.